The Balaban J connectivity index is 2.17. The summed E-state index contributed by atoms with van der Waals surface area (Å²) in [7, 11) is 0. The first kappa shape index (κ1) is 14.8. The number of likely N-dealkylation sites (tertiary alicyclic amines) is 1. The molecule has 0 spiro atoms. The van der Waals surface area contributed by atoms with Crippen molar-refractivity contribution in [1.82, 2.24) is 4.90 Å². The van der Waals surface area contributed by atoms with Crippen molar-refractivity contribution in [3.8, 4) is 0 Å². The Bertz CT molecular complexity index is 473. The number of nitrogens with two attached hydrogens (primary N) is 1. The van der Waals surface area contributed by atoms with Gasteiger partial charge in [-0.1, -0.05) is 12.1 Å². The molecule has 2 N–H and O–H groups in total. The molecule has 2 unspecified atom stereocenters. The zero-order chi connectivity index (χ0) is 14.0. The topological polar surface area (TPSA) is 46.3 Å². The molecule has 1 fully saturated rings. The molecule has 2 rings (SSSR count). The number of carbonyl (C=O) groups excluding carboxylic acids is 1. The summed E-state index contributed by atoms with van der Waals surface area (Å²) in [4.78, 5) is 14.6. The van der Waals surface area contributed by atoms with E-state index in [0.29, 0.717) is 5.92 Å². The number of hydrogen-bond acceptors (Lipinski definition) is 2. The van der Waals surface area contributed by atoms with Gasteiger partial charge in [0.1, 0.15) is 0 Å². The van der Waals surface area contributed by atoms with Crippen LogP contribution in [0.25, 0.3) is 0 Å². The quantitative estimate of drug-likeness (QED) is 0.812. The minimum atomic E-state index is 0.151. The molecule has 1 aliphatic heterocycles. The fourth-order valence-electron chi connectivity index (χ4n) is 2.61. The van der Waals surface area contributed by atoms with Gasteiger partial charge in [0.2, 0.25) is 0 Å². The van der Waals surface area contributed by atoms with Crippen molar-refractivity contribution in [3.05, 3.63) is 32.9 Å². The molecule has 0 bridgehead atoms. The summed E-state index contributed by atoms with van der Waals surface area (Å²) >= 11 is 2.26. The minimum absolute atomic E-state index is 0.151. The number of hydrogen-bond donors (Lipinski definition) is 1. The Labute approximate surface area is 128 Å². The number of halogens is 1. The van der Waals surface area contributed by atoms with Crippen molar-refractivity contribution in [3.63, 3.8) is 0 Å². The summed E-state index contributed by atoms with van der Waals surface area (Å²) in [6, 6.07) is 6.08. The highest BCUT2D eigenvalue weighted by Crippen LogP contribution is 2.23. The Hall–Kier alpha value is -0.620. The Kier molecular flexibility index (Phi) is 4.84. The predicted octanol–water partition coefficient (Wildman–Crippen LogP) is 2.80. The first-order valence-electron chi connectivity index (χ1n) is 6.80. The highest BCUT2D eigenvalue weighted by molar-refractivity contribution is 14.1. The third-order valence-electron chi connectivity index (χ3n) is 3.91. The molecule has 104 valence electrons. The SMILES string of the molecule is Cc1cccc(C(=O)N2CCCC(C(C)N)C2)c1I. The molecular formula is C15H21IN2O. The van der Waals surface area contributed by atoms with Gasteiger partial charge in [-0.3, -0.25) is 4.79 Å². The van der Waals surface area contributed by atoms with Crippen LogP contribution < -0.4 is 5.73 Å². The first-order valence-corrected chi connectivity index (χ1v) is 7.88. The van der Waals surface area contributed by atoms with Crippen molar-refractivity contribution in [1.29, 1.82) is 0 Å². The smallest absolute Gasteiger partial charge is 0.254 e. The molecule has 1 heterocycles. The molecule has 19 heavy (non-hydrogen) atoms. The highest BCUT2D eigenvalue weighted by Gasteiger charge is 2.27. The first-order chi connectivity index (χ1) is 9.00. The molecule has 0 saturated carbocycles. The van der Waals surface area contributed by atoms with Crippen LogP contribution in [0.4, 0.5) is 0 Å². The van der Waals surface area contributed by atoms with Crippen LogP contribution in [-0.4, -0.2) is 29.9 Å². The lowest BCUT2D eigenvalue weighted by Crippen LogP contribution is -2.45. The number of rotatable bonds is 2. The Morgan fingerprint density at radius 2 is 2.26 bits per heavy atom. The highest BCUT2D eigenvalue weighted by atomic mass is 127. The van der Waals surface area contributed by atoms with Crippen molar-refractivity contribution in [2.24, 2.45) is 11.7 Å². The van der Waals surface area contributed by atoms with E-state index in [-0.39, 0.29) is 11.9 Å². The van der Waals surface area contributed by atoms with Crippen LogP contribution >= 0.6 is 22.6 Å². The molecular weight excluding hydrogens is 351 g/mol. The second-order valence-electron chi connectivity index (χ2n) is 5.45. The largest absolute Gasteiger partial charge is 0.338 e. The average Bonchev–Trinajstić information content (AvgIpc) is 2.41. The van der Waals surface area contributed by atoms with Gasteiger partial charge in [0.05, 0.1) is 5.56 Å². The van der Waals surface area contributed by atoms with E-state index in [1.807, 2.05) is 36.9 Å². The number of piperidine rings is 1. The van der Waals surface area contributed by atoms with Crippen molar-refractivity contribution in [2.45, 2.75) is 32.7 Å². The van der Waals surface area contributed by atoms with Crippen molar-refractivity contribution < 1.29 is 4.79 Å². The number of carbonyl (C=O) groups is 1. The molecule has 1 amide bonds. The lowest BCUT2D eigenvalue weighted by Gasteiger charge is -2.35. The van der Waals surface area contributed by atoms with Crippen LogP contribution in [0.2, 0.25) is 0 Å². The van der Waals surface area contributed by atoms with E-state index < -0.39 is 0 Å². The molecule has 1 aromatic carbocycles. The number of amides is 1. The Morgan fingerprint density at radius 1 is 1.53 bits per heavy atom. The molecule has 0 radical (unpaired) electrons. The molecule has 1 aliphatic rings. The molecule has 1 aromatic rings. The van der Waals surface area contributed by atoms with Crippen molar-refractivity contribution >= 4 is 28.5 Å². The summed E-state index contributed by atoms with van der Waals surface area (Å²) in [6.07, 6.45) is 2.19. The van der Waals surface area contributed by atoms with Crippen LogP contribution in [-0.2, 0) is 0 Å². The van der Waals surface area contributed by atoms with Gasteiger partial charge in [0.25, 0.3) is 5.91 Å². The summed E-state index contributed by atoms with van der Waals surface area (Å²) in [5.41, 5.74) is 7.97. The second-order valence-corrected chi connectivity index (χ2v) is 6.53. The molecule has 1 saturated heterocycles. The van der Waals surface area contributed by atoms with E-state index in [9.17, 15) is 4.79 Å². The third-order valence-corrected chi connectivity index (χ3v) is 5.34. The van der Waals surface area contributed by atoms with Crippen LogP contribution in [0.15, 0.2) is 18.2 Å². The minimum Gasteiger partial charge on any atom is -0.338 e. The van der Waals surface area contributed by atoms with E-state index in [1.165, 1.54) is 0 Å². The number of benzene rings is 1. The average molecular weight is 372 g/mol. The predicted molar refractivity (Wildman–Crippen MR) is 86.2 cm³/mol. The van der Waals surface area contributed by atoms with E-state index in [1.54, 1.807) is 0 Å². The second kappa shape index (κ2) is 6.22. The zero-order valence-electron chi connectivity index (χ0n) is 11.5. The normalized spacial score (nSPS) is 21.3. The zero-order valence-corrected chi connectivity index (χ0v) is 13.7. The number of nitrogens with zero attached hydrogens (tertiary/aromatic N) is 1. The van der Waals surface area contributed by atoms with Gasteiger partial charge in [-0.2, -0.15) is 0 Å². The summed E-state index contributed by atoms with van der Waals surface area (Å²) in [6.45, 7) is 5.72. The van der Waals surface area contributed by atoms with Gasteiger partial charge >= 0.3 is 0 Å². The summed E-state index contributed by atoms with van der Waals surface area (Å²) < 4.78 is 1.06. The Morgan fingerprint density at radius 3 is 2.95 bits per heavy atom. The van der Waals surface area contributed by atoms with Crippen LogP contribution in [0, 0.1) is 16.4 Å². The number of aryl methyl sites for hydroxylation is 1. The lowest BCUT2D eigenvalue weighted by atomic mass is 9.92. The van der Waals surface area contributed by atoms with Crippen LogP contribution in [0.1, 0.15) is 35.7 Å². The van der Waals surface area contributed by atoms with E-state index >= 15 is 0 Å². The molecule has 2 atom stereocenters. The fourth-order valence-corrected chi connectivity index (χ4v) is 3.20. The molecule has 0 aromatic heterocycles. The van der Waals surface area contributed by atoms with E-state index in [4.69, 9.17) is 5.73 Å². The standard InChI is InChI=1S/C15H21IN2O/c1-10-5-3-7-13(14(10)16)15(19)18-8-4-6-12(9-18)11(2)17/h3,5,7,11-12H,4,6,8-9,17H2,1-2H3. The maximum atomic E-state index is 12.6. The lowest BCUT2D eigenvalue weighted by molar-refractivity contribution is 0.0660. The van der Waals surface area contributed by atoms with E-state index in [0.717, 1.165) is 40.6 Å². The molecule has 3 nitrogen and oxygen atoms in total. The van der Waals surface area contributed by atoms with Gasteiger partial charge in [-0.15, -0.1) is 0 Å². The summed E-state index contributed by atoms with van der Waals surface area (Å²) in [5, 5.41) is 0. The monoisotopic (exact) mass is 372 g/mol. The van der Waals surface area contributed by atoms with Gasteiger partial charge in [-0.05, 0) is 66.8 Å². The van der Waals surface area contributed by atoms with Gasteiger partial charge in [-0.25, -0.2) is 0 Å². The van der Waals surface area contributed by atoms with Crippen molar-refractivity contribution in [2.75, 3.05) is 13.1 Å². The maximum Gasteiger partial charge on any atom is 0.254 e. The van der Waals surface area contributed by atoms with E-state index in [2.05, 4.69) is 22.6 Å². The molecule has 0 aliphatic carbocycles. The van der Waals surface area contributed by atoms with Crippen LogP contribution in [0.5, 0.6) is 0 Å². The maximum absolute atomic E-state index is 12.6. The summed E-state index contributed by atoms with van der Waals surface area (Å²) in [5.74, 6) is 0.582. The molecule has 4 heteroatoms. The van der Waals surface area contributed by atoms with Crippen LogP contribution in [0.3, 0.4) is 0 Å². The van der Waals surface area contributed by atoms with Gasteiger partial charge < -0.3 is 10.6 Å². The van der Waals surface area contributed by atoms with Gasteiger partial charge in [0, 0.05) is 22.7 Å². The fraction of sp³-hybridized carbons (Fsp3) is 0.533. The third kappa shape index (κ3) is 3.28. The van der Waals surface area contributed by atoms with Gasteiger partial charge in [0.15, 0.2) is 0 Å².